The quantitative estimate of drug-likeness (QED) is 0.136. The molecule has 1 amide bonds. The molecule has 9 heteroatoms. The van der Waals surface area contributed by atoms with E-state index in [9.17, 15) is 18.4 Å². The maximum absolute atomic E-state index is 13.6. The molecule has 8 nitrogen and oxygen atoms in total. The molecular weight excluding hydrogens is 574 g/mol. The van der Waals surface area contributed by atoms with Crippen molar-refractivity contribution in [1.29, 1.82) is 0 Å². The fourth-order valence-electron chi connectivity index (χ4n) is 5.28. The fraction of sp³-hybridized carbons (Fsp3) is 0.314. The lowest BCUT2D eigenvalue weighted by atomic mass is 10.0. The number of anilines is 1. The number of ether oxygens (including phenoxy) is 1. The highest BCUT2D eigenvalue weighted by Crippen LogP contribution is 2.33. The summed E-state index contributed by atoms with van der Waals surface area (Å²) < 4.78 is 32.0. The Hall–Kier alpha value is -4.05. The third-order valence-corrected chi connectivity index (χ3v) is 8.45. The van der Waals surface area contributed by atoms with Gasteiger partial charge in [-0.3, -0.25) is 18.2 Å². The number of rotatable bonds is 15. The van der Waals surface area contributed by atoms with E-state index in [4.69, 9.17) is 4.74 Å². The van der Waals surface area contributed by atoms with E-state index in [1.54, 1.807) is 43.3 Å². The van der Waals surface area contributed by atoms with Gasteiger partial charge in [0.2, 0.25) is 5.91 Å². The summed E-state index contributed by atoms with van der Waals surface area (Å²) in [6, 6.07) is 28.3. The van der Waals surface area contributed by atoms with Crippen molar-refractivity contribution in [3.63, 3.8) is 0 Å². The summed E-state index contributed by atoms with van der Waals surface area (Å²) in [7, 11) is 0. The molecule has 3 atom stereocenters. The van der Waals surface area contributed by atoms with Gasteiger partial charge in [-0.1, -0.05) is 98.8 Å². The van der Waals surface area contributed by atoms with Gasteiger partial charge in [-0.25, -0.2) is 4.79 Å². The van der Waals surface area contributed by atoms with Crippen LogP contribution in [0.15, 0.2) is 97.1 Å². The monoisotopic (exact) mass is 614 g/mol. The van der Waals surface area contributed by atoms with Gasteiger partial charge in [0.1, 0.15) is 6.04 Å². The molecule has 232 valence electrons. The maximum Gasteiger partial charge on any atom is 0.328 e. The average molecular weight is 615 g/mol. The molecule has 0 aliphatic heterocycles. The van der Waals surface area contributed by atoms with E-state index in [1.165, 1.54) is 9.87 Å². The van der Waals surface area contributed by atoms with Gasteiger partial charge in [0.15, 0.2) is 0 Å². The number of nitrogens with one attached hydrogen (secondary N) is 1. The van der Waals surface area contributed by atoms with E-state index in [-0.39, 0.29) is 19.4 Å². The third-order valence-electron chi connectivity index (χ3n) is 7.66. The highest BCUT2D eigenvalue weighted by atomic mass is 32.2. The average Bonchev–Trinajstić information content (AvgIpc) is 3.04. The van der Waals surface area contributed by atoms with E-state index in [0.29, 0.717) is 11.3 Å². The van der Waals surface area contributed by atoms with Gasteiger partial charge < -0.3 is 14.6 Å². The van der Waals surface area contributed by atoms with Crippen molar-refractivity contribution in [3.05, 3.63) is 114 Å². The van der Waals surface area contributed by atoms with Gasteiger partial charge in [0.05, 0.1) is 19.1 Å². The van der Waals surface area contributed by atoms with Gasteiger partial charge in [-0.2, -0.15) is 0 Å². The molecule has 3 unspecified atom stereocenters. The summed E-state index contributed by atoms with van der Waals surface area (Å²) in [5.41, 5.74) is 3.13. The molecule has 4 aromatic carbocycles. The number of esters is 1. The van der Waals surface area contributed by atoms with Gasteiger partial charge in [0.25, 0.3) is 0 Å². The number of carbonyl (C=O) groups is 2. The first-order chi connectivity index (χ1) is 21.3. The lowest BCUT2D eigenvalue weighted by Crippen LogP contribution is -2.45. The molecule has 4 rings (SSSR count). The molecule has 1 N–H and O–H groups in total. The SMILES string of the molecule is CCOC(=O)C(Cc1ccc(CN(CC)CC)cc1)NC(=O)CC(c1ccccc1)N(c1ccc2ccccc2c1)S(=O)[O-]. The summed E-state index contributed by atoms with van der Waals surface area (Å²) in [5.74, 6) is -1.01. The van der Waals surface area contributed by atoms with Gasteiger partial charge >= 0.3 is 5.97 Å². The smallest absolute Gasteiger partial charge is 0.328 e. The van der Waals surface area contributed by atoms with E-state index in [0.717, 1.165) is 36.0 Å². The van der Waals surface area contributed by atoms with Crippen LogP contribution in [-0.4, -0.2) is 51.3 Å². The Balaban J connectivity index is 1.57. The zero-order valence-electron chi connectivity index (χ0n) is 25.5. The molecule has 0 aliphatic carbocycles. The minimum absolute atomic E-state index is 0.172. The summed E-state index contributed by atoms with van der Waals surface area (Å²) in [6.07, 6.45) is 0.0392. The number of amides is 1. The van der Waals surface area contributed by atoms with Crippen molar-refractivity contribution in [1.82, 2.24) is 10.2 Å². The van der Waals surface area contributed by atoms with Crippen LogP contribution in [0, 0.1) is 0 Å². The van der Waals surface area contributed by atoms with Crippen LogP contribution < -0.4 is 9.62 Å². The van der Waals surface area contributed by atoms with Gasteiger partial charge in [-0.15, -0.1) is 0 Å². The van der Waals surface area contributed by atoms with E-state index < -0.39 is 35.2 Å². The summed E-state index contributed by atoms with van der Waals surface area (Å²) in [4.78, 5) is 28.9. The zero-order chi connectivity index (χ0) is 31.5. The Morgan fingerprint density at radius 2 is 1.48 bits per heavy atom. The molecule has 0 fully saturated rings. The van der Waals surface area contributed by atoms with Crippen molar-refractivity contribution in [2.75, 3.05) is 24.0 Å². The molecule has 4 aromatic rings. The van der Waals surface area contributed by atoms with Crippen molar-refractivity contribution in [3.8, 4) is 0 Å². The van der Waals surface area contributed by atoms with E-state index in [1.807, 2.05) is 60.7 Å². The van der Waals surface area contributed by atoms with Crippen LogP contribution in [0.2, 0.25) is 0 Å². The summed E-state index contributed by atoms with van der Waals surface area (Å²) >= 11 is -2.70. The van der Waals surface area contributed by atoms with E-state index in [2.05, 4.69) is 24.1 Å². The number of carbonyl (C=O) groups excluding carboxylic acids is 2. The van der Waals surface area contributed by atoms with Crippen molar-refractivity contribution in [2.24, 2.45) is 0 Å². The molecule has 0 bridgehead atoms. The number of benzene rings is 4. The second-order valence-corrected chi connectivity index (χ2v) is 11.4. The molecule has 0 aliphatic rings. The van der Waals surface area contributed by atoms with Gasteiger partial charge in [0, 0.05) is 29.9 Å². The van der Waals surface area contributed by atoms with Crippen LogP contribution in [0.25, 0.3) is 10.8 Å². The number of hydrogen-bond acceptors (Lipinski definition) is 6. The largest absolute Gasteiger partial charge is 0.755 e. The van der Waals surface area contributed by atoms with Crippen LogP contribution in [-0.2, 0) is 38.6 Å². The molecule has 0 aromatic heterocycles. The topological polar surface area (TPSA) is 102 Å². The Kier molecular flexibility index (Phi) is 12.1. The Morgan fingerprint density at radius 1 is 0.841 bits per heavy atom. The fourth-order valence-corrected chi connectivity index (χ4v) is 5.97. The van der Waals surface area contributed by atoms with Crippen LogP contribution in [0.4, 0.5) is 5.69 Å². The molecule has 0 radical (unpaired) electrons. The lowest BCUT2D eigenvalue weighted by molar-refractivity contribution is -0.147. The number of hydrogen-bond donors (Lipinski definition) is 1. The predicted octanol–water partition coefficient (Wildman–Crippen LogP) is 5.70. The summed E-state index contributed by atoms with van der Waals surface area (Å²) in [5, 5.41) is 4.69. The third kappa shape index (κ3) is 8.75. The second kappa shape index (κ2) is 16.1. The number of nitrogens with zero attached hydrogens (tertiary/aromatic N) is 2. The maximum atomic E-state index is 13.6. The molecule has 0 heterocycles. The van der Waals surface area contributed by atoms with Crippen LogP contribution >= 0.6 is 0 Å². The second-order valence-electron chi connectivity index (χ2n) is 10.6. The molecule has 0 saturated carbocycles. The highest BCUT2D eigenvalue weighted by Gasteiger charge is 2.28. The predicted molar refractivity (Wildman–Crippen MR) is 174 cm³/mol. The van der Waals surface area contributed by atoms with Gasteiger partial charge in [-0.05, 0) is 59.6 Å². The molecule has 0 spiro atoms. The first-order valence-corrected chi connectivity index (χ1v) is 16.0. The zero-order valence-corrected chi connectivity index (χ0v) is 26.3. The Morgan fingerprint density at radius 3 is 2.11 bits per heavy atom. The van der Waals surface area contributed by atoms with Crippen LogP contribution in [0.3, 0.4) is 0 Å². The van der Waals surface area contributed by atoms with Crippen molar-refractivity contribution < 1.29 is 23.1 Å². The van der Waals surface area contributed by atoms with Crippen molar-refractivity contribution >= 4 is 39.6 Å². The summed E-state index contributed by atoms with van der Waals surface area (Å²) in [6.45, 7) is 8.89. The Bertz CT molecular complexity index is 1540. The van der Waals surface area contributed by atoms with Crippen LogP contribution in [0.1, 0.15) is 49.9 Å². The Labute approximate surface area is 262 Å². The normalized spacial score (nSPS) is 13.3. The highest BCUT2D eigenvalue weighted by molar-refractivity contribution is 7.80. The van der Waals surface area contributed by atoms with Crippen molar-refractivity contribution in [2.45, 2.75) is 52.2 Å². The first kappa shape index (κ1) is 32.9. The van der Waals surface area contributed by atoms with Crippen LogP contribution in [0.5, 0.6) is 0 Å². The van der Waals surface area contributed by atoms with E-state index >= 15 is 0 Å². The first-order valence-electron chi connectivity index (χ1n) is 15.0. The number of fused-ring (bicyclic) bond motifs is 1. The molecular formula is C35H40N3O5S-. The minimum Gasteiger partial charge on any atom is -0.755 e. The minimum atomic E-state index is -2.70. The molecule has 0 saturated heterocycles. The lowest BCUT2D eigenvalue weighted by Gasteiger charge is -2.35. The standard InChI is InChI=1S/C35H41N3O5S/c1-4-37(5-2)25-27-18-16-26(17-19-27)22-32(35(40)43-6-3)36-34(39)24-33(29-13-8-7-9-14-29)38(44(41)42)31-21-20-28-12-10-11-15-30(28)23-31/h7-21,23,32-33H,4-6,22,24-25H2,1-3H3,(H,36,39)(H,41,42)/p-1. The molecule has 44 heavy (non-hydrogen) atoms.